The van der Waals surface area contributed by atoms with Gasteiger partial charge in [-0.25, -0.2) is 4.98 Å². The van der Waals surface area contributed by atoms with E-state index < -0.39 is 5.60 Å². The van der Waals surface area contributed by atoms with Crippen molar-refractivity contribution < 1.29 is 5.11 Å². The smallest absolute Gasteiger partial charge is 0.151 e. The van der Waals surface area contributed by atoms with E-state index in [1.54, 1.807) is 5.57 Å². The van der Waals surface area contributed by atoms with Crippen LogP contribution >= 0.6 is 23.1 Å². The lowest BCUT2D eigenvalue weighted by Gasteiger charge is -2.42. The molecule has 2 nitrogen and oxygen atoms in total. The van der Waals surface area contributed by atoms with E-state index in [1.165, 1.54) is 54.0 Å². The topological polar surface area (TPSA) is 33.1 Å². The molecule has 0 aliphatic heterocycles. The number of hydrogen-bond acceptors (Lipinski definition) is 4. The molecule has 3 atom stereocenters. The average molecular weight is 444 g/mol. The molecule has 0 spiro atoms. The average Bonchev–Trinajstić information content (AvgIpc) is 3.25. The zero-order chi connectivity index (χ0) is 21.2. The predicted molar refractivity (Wildman–Crippen MR) is 131 cm³/mol. The summed E-state index contributed by atoms with van der Waals surface area (Å²) in [6.07, 6.45) is 14.1. The van der Waals surface area contributed by atoms with E-state index in [4.69, 9.17) is 4.98 Å². The molecular weight excluding hydrogens is 406 g/mol. The Morgan fingerprint density at radius 1 is 1.27 bits per heavy atom. The molecule has 30 heavy (non-hydrogen) atoms. The summed E-state index contributed by atoms with van der Waals surface area (Å²) in [5, 5.41) is 9.98. The van der Waals surface area contributed by atoms with Crippen LogP contribution in [0, 0.1) is 17.3 Å². The standard InChI is InChI=1S/C26H37NOS2/c1-25(2,28)16-7-6-10-20-13-14-21-19(9-8-17-26(20,21)3)15-18-29-24-27-22-11-4-5-12-23(22)30-24/h4-5,11-12,15,20-21,28H,6-10,13-14,16-18H2,1-3H3/b19-15+/t20?,21?,26-/m1/s1. The highest BCUT2D eigenvalue weighted by Crippen LogP contribution is 2.58. The van der Waals surface area contributed by atoms with Gasteiger partial charge in [-0.1, -0.05) is 55.3 Å². The van der Waals surface area contributed by atoms with E-state index in [0.29, 0.717) is 5.41 Å². The molecule has 164 valence electrons. The van der Waals surface area contributed by atoms with Crippen LogP contribution in [0.4, 0.5) is 0 Å². The van der Waals surface area contributed by atoms with Gasteiger partial charge in [0.25, 0.3) is 0 Å². The molecule has 1 aromatic heterocycles. The molecule has 2 aliphatic rings. The minimum Gasteiger partial charge on any atom is -0.390 e. The number of allylic oxidation sites excluding steroid dienone is 1. The van der Waals surface area contributed by atoms with Gasteiger partial charge >= 0.3 is 0 Å². The molecule has 2 aromatic rings. The van der Waals surface area contributed by atoms with Crippen LogP contribution < -0.4 is 0 Å². The van der Waals surface area contributed by atoms with Crippen molar-refractivity contribution in [2.45, 2.75) is 88.5 Å². The minimum atomic E-state index is -0.510. The van der Waals surface area contributed by atoms with E-state index in [0.717, 1.165) is 35.9 Å². The highest BCUT2D eigenvalue weighted by molar-refractivity contribution is 8.01. The van der Waals surface area contributed by atoms with E-state index in [2.05, 4.69) is 37.3 Å². The number of aliphatic hydroxyl groups is 1. The Hall–Kier alpha value is -0.840. The third-order valence-electron chi connectivity index (χ3n) is 7.58. The maximum atomic E-state index is 9.98. The number of aromatic nitrogens is 1. The minimum absolute atomic E-state index is 0.499. The Labute approximate surface area is 190 Å². The summed E-state index contributed by atoms with van der Waals surface area (Å²) in [6.45, 7) is 6.45. The lowest BCUT2D eigenvalue weighted by atomic mass is 9.62. The normalized spacial score (nSPS) is 28.3. The number of rotatable bonds is 8. The second kappa shape index (κ2) is 9.34. The van der Waals surface area contributed by atoms with Gasteiger partial charge in [0.1, 0.15) is 0 Å². The van der Waals surface area contributed by atoms with Crippen molar-refractivity contribution in [1.29, 1.82) is 0 Å². The molecule has 1 N–H and O–H groups in total. The molecule has 4 heteroatoms. The van der Waals surface area contributed by atoms with Gasteiger partial charge in [0.05, 0.1) is 15.8 Å². The molecule has 0 saturated heterocycles. The van der Waals surface area contributed by atoms with Crippen molar-refractivity contribution in [3.8, 4) is 0 Å². The van der Waals surface area contributed by atoms with Crippen molar-refractivity contribution in [3.63, 3.8) is 0 Å². The van der Waals surface area contributed by atoms with Crippen molar-refractivity contribution in [3.05, 3.63) is 35.9 Å². The third kappa shape index (κ3) is 5.14. The van der Waals surface area contributed by atoms with Crippen molar-refractivity contribution in [1.82, 2.24) is 4.98 Å². The molecule has 0 radical (unpaired) electrons. The van der Waals surface area contributed by atoms with Gasteiger partial charge in [-0.05, 0) is 88.2 Å². The number of fused-ring (bicyclic) bond motifs is 2. The van der Waals surface area contributed by atoms with E-state index >= 15 is 0 Å². The van der Waals surface area contributed by atoms with Crippen molar-refractivity contribution in [2.24, 2.45) is 17.3 Å². The summed E-state index contributed by atoms with van der Waals surface area (Å²) < 4.78 is 2.49. The van der Waals surface area contributed by atoms with Crippen LogP contribution in [0.3, 0.4) is 0 Å². The quantitative estimate of drug-likeness (QED) is 0.256. The summed E-state index contributed by atoms with van der Waals surface area (Å²) in [5.74, 6) is 2.71. The first-order valence-corrected chi connectivity index (χ1v) is 13.5. The van der Waals surface area contributed by atoms with Crippen LogP contribution in [0.5, 0.6) is 0 Å². The molecule has 1 aromatic carbocycles. The van der Waals surface area contributed by atoms with Crippen LogP contribution in [0.25, 0.3) is 10.2 Å². The van der Waals surface area contributed by atoms with E-state index in [9.17, 15) is 5.11 Å². The van der Waals surface area contributed by atoms with Crippen LogP contribution in [-0.2, 0) is 0 Å². The molecule has 1 heterocycles. The zero-order valence-electron chi connectivity index (χ0n) is 18.8. The second-order valence-electron chi connectivity index (χ2n) is 10.3. The van der Waals surface area contributed by atoms with Gasteiger partial charge in [-0.2, -0.15) is 0 Å². The van der Waals surface area contributed by atoms with Crippen molar-refractivity contribution in [2.75, 3.05) is 5.75 Å². The first-order chi connectivity index (χ1) is 14.4. The number of benzene rings is 1. The SMILES string of the molecule is CC(C)(O)CCCCC1CCC2/C(=C/CSc3nc4ccccc4s3)CCC[C@]12C. The first kappa shape index (κ1) is 22.4. The Morgan fingerprint density at radius 3 is 2.90 bits per heavy atom. The van der Waals surface area contributed by atoms with Gasteiger partial charge in [0, 0.05) is 5.75 Å². The fourth-order valence-corrected chi connectivity index (χ4v) is 7.96. The molecule has 0 amide bonds. The second-order valence-corrected chi connectivity index (χ2v) is 12.6. The van der Waals surface area contributed by atoms with Crippen LogP contribution in [0.2, 0.25) is 0 Å². The molecule has 0 bridgehead atoms. The maximum Gasteiger partial charge on any atom is 0.151 e. The summed E-state index contributed by atoms with van der Waals surface area (Å²) in [7, 11) is 0. The molecule has 2 fully saturated rings. The van der Waals surface area contributed by atoms with Gasteiger partial charge in [0.15, 0.2) is 4.34 Å². The number of hydrogen-bond donors (Lipinski definition) is 1. The Kier molecular flexibility index (Phi) is 6.96. The maximum absolute atomic E-state index is 9.98. The molecule has 2 aliphatic carbocycles. The molecule has 2 saturated carbocycles. The highest BCUT2D eigenvalue weighted by atomic mass is 32.2. The summed E-state index contributed by atoms with van der Waals surface area (Å²) in [6, 6.07) is 8.45. The number of thiazole rings is 1. The summed E-state index contributed by atoms with van der Waals surface area (Å²) >= 11 is 3.72. The lowest BCUT2D eigenvalue weighted by Crippen LogP contribution is -2.33. The Morgan fingerprint density at radius 2 is 2.10 bits per heavy atom. The van der Waals surface area contributed by atoms with Gasteiger partial charge in [-0.3, -0.25) is 0 Å². The number of nitrogens with zero attached hydrogens (tertiary/aromatic N) is 1. The Bertz CT molecular complexity index is 848. The summed E-state index contributed by atoms with van der Waals surface area (Å²) in [5.41, 5.74) is 2.85. The first-order valence-electron chi connectivity index (χ1n) is 11.7. The Balaban J connectivity index is 1.33. The monoisotopic (exact) mass is 443 g/mol. The predicted octanol–water partition coefficient (Wildman–Crippen LogP) is 7.86. The zero-order valence-corrected chi connectivity index (χ0v) is 20.5. The lowest BCUT2D eigenvalue weighted by molar-refractivity contribution is 0.0659. The molecular formula is C26H37NOS2. The molecule has 2 unspecified atom stereocenters. The van der Waals surface area contributed by atoms with Gasteiger partial charge in [-0.15, -0.1) is 11.3 Å². The van der Waals surface area contributed by atoms with Crippen LogP contribution in [0.1, 0.15) is 78.6 Å². The van der Waals surface area contributed by atoms with Crippen molar-refractivity contribution >= 4 is 33.3 Å². The highest BCUT2D eigenvalue weighted by Gasteiger charge is 2.48. The summed E-state index contributed by atoms with van der Waals surface area (Å²) in [4.78, 5) is 4.78. The number of para-hydroxylation sites is 1. The molecule has 4 rings (SSSR count). The number of unbranched alkanes of at least 4 members (excludes halogenated alkanes) is 1. The van der Waals surface area contributed by atoms with Gasteiger partial charge in [0.2, 0.25) is 0 Å². The fourth-order valence-electron chi connectivity index (χ4n) is 5.95. The van der Waals surface area contributed by atoms with Crippen LogP contribution in [-0.4, -0.2) is 21.4 Å². The largest absolute Gasteiger partial charge is 0.390 e. The van der Waals surface area contributed by atoms with E-state index in [1.807, 2.05) is 36.9 Å². The van der Waals surface area contributed by atoms with E-state index in [-0.39, 0.29) is 0 Å². The fraction of sp³-hybridized carbons (Fsp3) is 0.654. The van der Waals surface area contributed by atoms with Crippen LogP contribution in [0.15, 0.2) is 40.3 Å². The number of thioether (sulfide) groups is 1. The van der Waals surface area contributed by atoms with Gasteiger partial charge < -0.3 is 5.11 Å². The third-order valence-corrected chi connectivity index (χ3v) is 9.68.